The number of nitrogens with zero attached hydrogens (tertiary/aromatic N) is 2. The van der Waals surface area contributed by atoms with E-state index in [0.29, 0.717) is 13.0 Å². The van der Waals surface area contributed by atoms with Crippen molar-refractivity contribution in [1.29, 1.82) is 0 Å². The predicted octanol–water partition coefficient (Wildman–Crippen LogP) is 1.99. The number of carbonyl (C=O) groups is 1. The highest BCUT2D eigenvalue weighted by atomic mass is 35.5. The Labute approximate surface area is 94.1 Å². The smallest absolute Gasteiger partial charge is 0.229 e. The number of hydrogen-bond donors (Lipinski definition) is 0. The molecule has 1 aliphatic rings. The fourth-order valence-corrected chi connectivity index (χ4v) is 1.97. The van der Waals surface area contributed by atoms with E-state index < -0.39 is 0 Å². The van der Waals surface area contributed by atoms with Gasteiger partial charge in [0.25, 0.3) is 0 Å². The molecule has 80 valence electrons. The van der Waals surface area contributed by atoms with Gasteiger partial charge in [0.15, 0.2) is 0 Å². The van der Waals surface area contributed by atoms with Crippen molar-refractivity contribution in [2.45, 2.75) is 25.1 Å². The second-order valence-corrected chi connectivity index (χ2v) is 4.26. The first-order valence-electron chi connectivity index (χ1n) is 5.11. The van der Waals surface area contributed by atoms with Crippen LogP contribution >= 0.6 is 11.6 Å². The zero-order chi connectivity index (χ0) is 10.8. The topological polar surface area (TPSA) is 33.2 Å². The number of pyridine rings is 1. The first-order chi connectivity index (χ1) is 7.20. The molecule has 0 spiro atoms. The lowest BCUT2D eigenvalue weighted by Crippen LogP contribution is -2.25. The van der Waals surface area contributed by atoms with E-state index in [2.05, 4.69) is 4.98 Å². The summed E-state index contributed by atoms with van der Waals surface area (Å²) in [6, 6.07) is 5.74. The third kappa shape index (κ3) is 2.12. The quantitative estimate of drug-likeness (QED) is 0.720. The van der Waals surface area contributed by atoms with Gasteiger partial charge >= 0.3 is 0 Å². The van der Waals surface area contributed by atoms with E-state index in [0.717, 1.165) is 17.9 Å². The first kappa shape index (κ1) is 10.4. The van der Waals surface area contributed by atoms with E-state index >= 15 is 0 Å². The summed E-state index contributed by atoms with van der Waals surface area (Å²) >= 11 is 5.94. The number of alkyl halides is 1. The van der Waals surface area contributed by atoms with Crippen LogP contribution in [0.5, 0.6) is 0 Å². The molecular formula is C11H13ClN2O. The van der Waals surface area contributed by atoms with E-state index in [1.807, 2.05) is 25.1 Å². The molecule has 0 N–H and O–H groups in total. The standard InChI is InChI=1S/C11H13ClN2O/c1-2-9-4-3-5-10(13-9)14-7-8(12)6-11(14)15/h3-5,8H,2,6-7H2,1H3. The van der Waals surface area contributed by atoms with Gasteiger partial charge in [0.2, 0.25) is 5.91 Å². The number of amides is 1. The maximum absolute atomic E-state index is 11.6. The average molecular weight is 225 g/mol. The van der Waals surface area contributed by atoms with Crippen LogP contribution in [0.4, 0.5) is 5.82 Å². The number of anilines is 1. The SMILES string of the molecule is CCc1cccc(N2CC(Cl)CC2=O)n1. The van der Waals surface area contributed by atoms with Gasteiger partial charge in [-0.1, -0.05) is 13.0 Å². The Balaban J connectivity index is 2.25. The molecule has 3 nitrogen and oxygen atoms in total. The Kier molecular flexibility index (Phi) is 2.91. The maximum Gasteiger partial charge on any atom is 0.229 e. The fourth-order valence-electron chi connectivity index (χ4n) is 1.70. The molecule has 1 saturated heterocycles. The largest absolute Gasteiger partial charge is 0.295 e. The molecule has 1 aromatic heterocycles. The Morgan fingerprint density at radius 2 is 2.40 bits per heavy atom. The van der Waals surface area contributed by atoms with Crippen LogP contribution in [0.2, 0.25) is 0 Å². The summed E-state index contributed by atoms with van der Waals surface area (Å²) in [6.45, 7) is 2.61. The van der Waals surface area contributed by atoms with Gasteiger partial charge in [-0.3, -0.25) is 9.69 Å². The lowest BCUT2D eigenvalue weighted by molar-refractivity contribution is -0.117. The highest BCUT2D eigenvalue weighted by Crippen LogP contribution is 2.22. The summed E-state index contributed by atoms with van der Waals surface area (Å²) < 4.78 is 0. The lowest BCUT2D eigenvalue weighted by Gasteiger charge is -2.15. The first-order valence-corrected chi connectivity index (χ1v) is 5.54. The van der Waals surface area contributed by atoms with Crippen molar-refractivity contribution in [3.63, 3.8) is 0 Å². The van der Waals surface area contributed by atoms with E-state index in [9.17, 15) is 4.79 Å². The number of aryl methyl sites for hydroxylation is 1. The van der Waals surface area contributed by atoms with Crippen molar-refractivity contribution < 1.29 is 4.79 Å². The molecule has 0 aliphatic carbocycles. The number of aromatic nitrogens is 1. The van der Waals surface area contributed by atoms with Crippen LogP contribution in [0.25, 0.3) is 0 Å². The summed E-state index contributed by atoms with van der Waals surface area (Å²) in [5.41, 5.74) is 0.998. The molecule has 1 fully saturated rings. The average Bonchev–Trinajstić information content (AvgIpc) is 2.58. The molecule has 1 unspecified atom stereocenters. The molecule has 2 rings (SSSR count). The maximum atomic E-state index is 11.6. The molecule has 1 atom stereocenters. The van der Waals surface area contributed by atoms with E-state index in [4.69, 9.17) is 11.6 Å². The Morgan fingerprint density at radius 3 is 3.00 bits per heavy atom. The van der Waals surface area contributed by atoms with Crippen LogP contribution in [0.15, 0.2) is 18.2 Å². The zero-order valence-corrected chi connectivity index (χ0v) is 9.37. The minimum absolute atomic E-state index is 0.0655. The molecular weight excluding hydrogens is 212 g/mol. The van der Waals surface area contributed by atoms with Gasteiger partial charge in [-0.25, -0.2) is 4.98 Å². The van der Waals surface area contributed by atoms with Gasteiger partial charge in [0.05, 0.1) is 5.38 Å². The normalized spacial score (nSPS) is 21.1. The third-order valence-electron chi connectivity index (χ3n) is 2.51. The van der Waals surface area contributed by atoms with Crippen LogP contribution in [0.1, 0.15) is 19.0 Å². The predicted molar refractivity (Wildman–Crippen MR) is 60.2 cm³/mol. The monoisotopic (exact) mass is 224 g/mol. The van der Waals surface area contributed by atoms with Gasteiger partial charge in [0.1, 0.15) is 5.82 Å². The van der Waals surface area contributed by atoms with Crippen LogP contribution in [0.3, 0.4) is 0 Å². The van der Waals surface area contributed by atoms with Gasteiger partial charge in [-0.15, -0.1) is 11.6 Å². The third-order valence-corrected chi connectivity index (χ3v) is 2.80. The van der Waals surface area contributed by atoms with Gasteiger partial charge < -0.3 is 0 Å². The highest BCUT2D eigenvalue weighted by Gasteiger charge is 2.29. The number of halogens is 1. The Morgan fingerprint density at radius 1 is 1.60 bits per heavy atom. The van der Waals surface area contributed by atoms with Crippen molar-refractivity contribution in [1.82, 2.24) is 4.98 Å². The fraction of sp³-hybridized carbons (Fsp3) is 0.455. The molecule has 2 heterocycles. The van der Waals surface area contributed by atoms with E-state index in [-0.39, 0.29) is 11.3 Å². The zero-order valence-electron chi connectivity index (χ0n) is 8.61. The Hall–Kier alpha value is -1.09. The number of rotatable bonds is 2. The number of hydrogen-bond acceptors (Lipinski definition) is 2. The van der Waals surface area contributed by atoms with Crippen molar-refractivity contribution in [3.05, 3.63) is 23.9 Å². The van der Waals surface area contributed by atoms with Crippen LogP contribution in [-0.4, -0.2) is 22.8 Å². The molecule has 0 saturated carbocycles. The van der Waals surface area contributed by atoms with E-state index in [1.165, 1.54) is 0 Å². The molecule has 0 bridgehead atoms. The summed E-state index contributed by atoms with van der Waals surface area (Å²) in [5, 5.41) is -0.0791. The number of carbonyl (C=O) groups excluding carboxylic acids is 1. The molecule has 1 amide bonds. The highest BCUT2D eigenvalue weighted by molar-refractivity contribution is 6.24. The summed E-state index contributed by atoms with van der Waals surface area (Å²) in [4.78, 5) is 17.7. The molecule has 1 aliphatic heterocycles. The Bertz CT molecular complexity index is 381. The molecule has 0 radical (unpaired) electrons. The lowest BCUT2D eigenvalue weighted by atomic mass is 10.3. The van der Waals surface area contributed by atoms with Gasteiger partial charge in [-0.05, 0) is 18.6 Å². The molecule has 4 heteroatoms. The van der Waals surface area contributed by atoms with Gasteiger partial charge in [-0.2, -0.15) is 0 Å². The second kappa shape index (κ2) is 4.19. The van der Waals surface area contributed by atoms with Crippen LogP contribution < -0.4 is 4.90 Å². The van der Waals surface area contributed by atoms with Crippen LogP contribution in [0, 0.1) is 0 Å². The molecule has 15 heavy (non-hydrogen) atoms. The van der Waals surface area contributed by atoms with Crippen molar-refractivity contribution >= 4 is 23.3 Å². The minimum Gasteiger partial charge on any atom is -0.295 e. The van der Waals surface area contributed by atoms with E-state index in [1.54, 1.807) is 4.90 Å². The second-order valence-electron chi connectivity index (χ2n) is 3.65. The van der Waals surface area contributed by atoms with Crippen molar-refractivity contribution in [2.24, 2.45) is 0 Å². The summed E-state index contributed by atoms with van der Waals surface area (Å²) in [7, 11) is 0. The van der Waals surface area contributed by atoms with Crippen molar-refractivity contribution in [2.75, 3.05) is 11.4 Å². The minimum atomic E-state index is -0.0791. The summed E-state index contributed by atoms with van der Waals surface area (Å²) in [6.07, 6.45) is 1.29. The van der Waals surface area contributed by atoms with Gasteiger partial charge in [0, 0.05) is 18.7 Å². The summed E-state index contributed by atoms with van der Waals surface area (Å²) in [5.74, 6) is 0.790. The van der Waals surface area contributed by atoms with Crippen LogP contribution in [-0.2, 0) is 11.2 Å². The van der Waals surface area contributed by atoms with Crippen molar-refractivity contribution in [3.8, 4) is 0 Å². The molecule has 0 aromatic carbocycles. The molecule has 1 aromatic rings.